The molecule has 0 aromatic heterocycles. The molecule has 64 valence electrons. The van der Waals surface area contributed by atoms with Crippen molar-refractivity contribution >= 4 is 11.8 Å². The van der Waals surface area contributed by atoms with E-state index in [0.29, 0.717) is 0 Å². The molecule has 1 heteroatoms. The van der Waals surface area contributed by atoms with Crippen molar-refractivity contribution in [3.05, 3.63) is 35.4 Å². The molecule has 1 aromatic rings. The fraction of sp³-hybridized carbons (Fsp3) is 0.273. The summed E-state index contributed by atoms with van der Waals surface area (Å²) in [6.07, 6.45) is 1.90. The van der Waals surface area contributed by atoms with Crippen LogP contribution in [0.2, 0.25) is 0 Å². The molecular formula is C11H15N. The molecule has 0 radical (unpaired) electrons. The lowest BCUT2D eigenvalue weighted by Gasteiger charge is -2.11. The molecule has 0 aliphatic rings. The van der Waals surface area contributed by atoms with Crippen LogP contribution in [0.15, 0.2) is 18.7 Å². The molecule has 0 saturated heterocycles. The minimum Gasteiger partial charge on any atom is -0.387 e. The van der Waals surface area contributed by atoms with Crippen LogP contribution in [0, 0.1) is 13.8 Å². The van der Waals surface area contributed by atoms with Gasteiger partial charge in [-0.15, -0.1) is 0 Å². The van der Waals surface area contributed by atoms with E-state index < -0.39 is 0 Å². The van der Waals surface area contributed by atoms with E-state index in [9.17, 15) is 0 Å². The largest absolute Gasteiger partial charge is 0.387 e. The minimum atomic E-state index is 1.19. The van der Waals surface area contributed by atoms with Crippen molar-refractivity contribution in [3.8, 4) is 0 Å². The van der Waals surface area contributed by atoms with E-state index in [2.05, 4.69) is 37.9 Å². The van der Waals surface area contributed by atoms with Gasteiger partial charge in [-0.05, 0) is 25.0 Å². The predicted molar refractivity (Wildman–Crippen MR) is 55.6 cm³/mol. The maximum atomic E-state index is 3.80. The first kappa shape index (κ1) is 8.85. The summed E-state index contributed by atoms with van der Waals surface area (Å²) < 4.78 is 0. The molecule has 1 aromatic carbocycles. The molecular weight excluding hydrogens is 146 g/mol. The van der Waals surface area contributed by atoms with Gasteiger partial charge in [0.2, 0.25) is 0 Å². The van der Waals surface area contributed by atoms with Crippen molar-refractivity contribution in [1.29, 1.82) is 0 Å². The van der Waals surface area contributed by atoms with E-state index in [1.807, 2.05) is 13.1 Å². The summed E-state index contributed by atoms with van der Waals surface area (Å²) in [4.78, 5) is 0. The molecule has 12 heavy (non-hydrogen) atoms. The number of rotatable bonds is 2. The third-order valence-electron chi connectivity index (χ3n) is 2.13. The number of benzene rings is 1. The van der Waals surface area contributed by atoms with Gasteiger partial charge in [-0.25, -0.2) is 0 Å². The Kier molecular flexibility index (Phi) is 2.54. The second-order valence-corrected chi connectivity index (χ2v) is 2.94. The molecule has 0 aliphatic heterocycles. The van der Waals surface area contributed by atoms with Gasteiger partial charge in [0, 0.05) is 18.3 Å². The molecule has 1 nitrogen and oxygen atoms in total. The van der Waals surface area contributed by atoms with E-state index >= 15 is 0 Å². The minimum absolute atomic E-state index is 1.19. The maximum Gasteiger partial charge on any atom is 0.0443 e. The summed E-state index contributed by atoms with van der Waals surface area (Å²) in [6.45, 7) is 7.99. The Bertz CT molecular complexity index is 300. The Balaban J connectivity index is 3.38. The first-order valence-corrected chi connectivity index (χ1v) is 4.11. The van der Waals surface area contributed by atoms with Gasteiger partial charge in [0.15, 0.2) is 0 Å². The monoisotopic (exact) mass is 161 g/mol. The van der Waals surface area contributed by atoms with Crippen molar-refractivity contribution in [2.75, 3.05) is 12.4 Å². The molecule has 0 bridgehead atoms. The quantitative estimate of drug-likeness (QED) is 0.703. The molecule has 0 saturated carbocycles. The van der Waals surface area contributed by atoms with Crippen LogP contribution in [0.1, 0.15) is 16.7 Å². The Morgan fingerprint density at radius 1 is 1.25 bits per heavy atom. The molecule has 0 unspecified atom stereocenters. The zero-order chi connectivity index (χ0) is 9.14. The fourth-order valence-corrected chi connectivity index (χ4v) is 1.43. The summed E-state index contributed by atoms with van der Waals surface area (Å²) in [7, 11) is 1.94. The van der Waals surface area contributed by atoms with Crippen molar-refractivity contribution in [1.82, 2.24) is 0 Å². The Hall–Kier alpha value is -1.24. The molecule has 0 fully saturated rings. The number of hydrogen-bond donors (Lipinski definition) is 1. The zero-order valence-corrected chi connectivity index (χ0v) is 7.94. The third kappa shape index (κ3) is 1.35. The lowest BCUT2D eigenvalue weighted by Crippen LogP contribution is -1.96. The normalized spacial score (nSPS) is 9.58. The van der Waals surface area contributed by atoms with Gasteiger partial charge >= 0.3 is 0 Å². The standard InChI is InChI=1S/C11H15N/c1-5-10-8(2)6-7-9(3)11(10)12-4/h5-7,12H,1H2,2-4H3. The lowest BCUT2D eigenvalue weighted by atomic mass is 10.0. The molecule has 1 N–H and O–H groups in total. The van der Waals surface area contributed by atoms with E-state index in [0.717, 1.165) is 0 Å². The van der Waals surface area contributed by atoms with Crippen LogP contribution in [0.3, 0.4) is 0 Å². The van der Waals surface area contributed by atoms with E-state index in [-0.39, 0.29) is 0 Å². The van der Waals surface area contributed by atoms with Crippen molar-refractivity contribution in [3.63, 3.8) is 0 Å². The first-order chi connectivity index (χ1) is 5.70. The van der Waals surface area contributed by atoms with Crippen molar-refractivity contribution in [2.45, 2.75) is 13.8 Å². The van der Waals surface area contributed by atoms with Gasteiger partial charge in [0.05, 0.1) is 0 Å². The maximum absolute atomic E-state index is 3.80. The first-order valence-electron chi connectivity index (χ1n) is 4.11. The zero-order valence-electron chi connectivity index (χ0n) is 7.94. The summed E-state index contributed by atoms with van der Waals surface area (Å²) in [6, 6.07) is 4.24. The smallest absolute Gasteiger partial charge is 0.0443 e. The number of nitrogens with one attached hydrogen (secondary N) is 1. The predicted octanol–water partition coefficient (Wildman–Crippen LogP) is 2.99. The molecule has 0 atom stereocenters. The van der Waals surface area contributed by atoms with E-state index in [1.54, 1.807) is 0 Å². The summed E-state index contributed by atoms with van der Waals surface area (Å²) in [5.74, 6) is 0. The summed E-state index contributed by atoms with van der Waals surface area (Å²) in [5.41, 5.74) is 4.92. The second-order valence-electron chi connectivity index (χ2n) is 2.94. The highest BCUT2D eigenvalue weighted by Gasteiger charge is 2.02. The average molecular weight is 161 g/mol. The number of hydrogen-bond acceptors (Lipinski definition) is 1. The van der Waals surface area contributed by atoms with Crippen molar-refractivity contribution in [2.24, 2.45) is 0 Å². The van der Waals surface area contributed by atoms with Gasteiger partial charge in [0.25, 0.3) is 0 Å². The van der Waals surface area contributed by atoms with Gasteiger partial charge < -0.3 is 5.32 Å². The van der Waals surface area contributed by atoms with Crippen LogP contribution in [-0.2, 0) is 0 Å². The molecule has 1 rings (SSSR count). The van der Waals surface area contributed by atoms with Crippen LogP contribution in [0.5, 0.6) is 0 Å². The highest BCUT2D eigenvalue weighted by Crippen LogP contribution is 2.24. The van der Waals surface area contributed by atoms with Crippen LogP contribution in [0.25, 0.3) is 6.08 Å². The van der Waals surface area contributed by atoms with Crippen LogP contribution in [-0.4, -0.2) is 7.05 Å². The summed E-state index contributed by atoms with van der Waals surface area (Å²) in [5, 5.41) is 3.18. The molecule has 0 spiro atoms. The Morgan fingerprint density at radius 2 is 1.83 bits per heavy atom. The average Bonchev–Trinajstić information content (AvgIpc) is 2.08. The number of anilines is 1. The van der Waals surface area contributed by atoms with Gasteiger partial charge in [-0.2, -0.15) is 0 Å². The topological polar surface area (TPSA) is 12.0 Å². The van der Waals surface area contributed by atoms with Gasteiger partial charge in [-0.3, -0.25) is 0 Å². The molecule has 0 heterocycles. The van der Waals surface area contributed by atoms with E-state index in [4.69, 9.17) is 0 Å². The third-order valence-corrected chi connectivity index (χ3v) is 2.13. The van der Waals surface area contributed by atoms with E-state index in [1.165, 1.54) is 22.4 Å². The highest BCUT2D eigenvalue weighted by atomic mass is 14.8. The van der Waals surface area contributed by atoms with Gasteiger partial charge in [0.1, 0.15) is 0 Å². The summed E-state index contributed by atoms with van der Waals surface area (Å²) >= 11 is 0. The Labute approximate surface area is 74.1 Å². The molecule has 0 aliphatic carbocycles. The second kappa shape index (κ2) is 3.44. The van der Waals surface area contributed by atoms with Gasteiger partial charge in [-0.1, -0.05) is 24.8 Å². The van der Waals surface area contributed by atoms with Crippen LogP contribution in [0.4, 0.5) is 5.69 Å². The SMILES string of the molecule is C=Cc1c(C)ccc(C)c1NC. The number of aryl methyl sites for hydroxylation is 2. The lowest BCUT2D eigenvalue weighted by molar-refractivity contribution is 1.34. The molecule has 0 amide bonds. The van der Waals surface area contributed by atoms with Crippen molar-refractivity contribution < 1.29 is 0 Å². The van der Waals surface area contributed by atoms with Crippen LogP contribution >= 0.6 is 0 Å². The highest BCUT2D eigenvalue weighted by molar-refractivity contribution is 5.71. The van der Waals surface area contributed by atoms with Crippen LogP contribution < -0.4 is 5.32 Å². The Morgan fingerprint density at radius 3 is 2.25 bits per heavy atom. The fourth-order valence-electron chi connectivity index (χ4n) is 1.43.